The Morgan fingerprint density at radius 1 is 1.67 bits per heavy atom. The number of alkyl halides is 2. The lowest BCUT2D eigenvalue weighted by Crippen LogP contribution is -2.40. The monoisotopic (exact) mass is 177 g/mol. The van der Waals surface area contributed by atoms with E-state index in [2.05, 4.69) is 0 Å². The van der Waals surface area contributed by atoms with Crippen molar-refractivity contribution in [2.45, 2.75) is 31.7 Å². The van der Waals surface area contributed by atoms with E-state index in [1.165, 1.54) is 6.26 Å². The number of rotatable bonds is 2. The van der Waals surface area contributed by atoms with Gasteiger partial charge in [0.1, 0.15) is 0 Å². The largest absolute Gasteiger partial charge is 0.501 e. The Kier molecular flexibility index (Phi) is 2.67. The fourth-order valence-electron chi connectivity index (χ4n) is 1.14. The summed E-state index contributed by atoms with van der Waals surface area (Å²) < 4.78 is 30.3. The van der Waals surface area contributed by atoms with Crippen molar-refractivity contribution in [3.63, 3.8) is 0 Å². The van der Waals surface area contributed by atoms with Gasteiger partial charge in [0.05, 0.1) is 18.9 Å². The van der Waals surface area contributed by atoms with Crippen LogP contribution in [0.4, 0.5) is 8.78 Å². The van der Waals surface area contributed by atoms with Gasteiger partial charge in [0.15, 0.2) is 0 Å². The second kappa shape index (κ2) is 3.39. The van der Waals surface area contributed by atoms with Gasteiger partial charge in [0, 0.05) is 6.92 Å². The van der Waals surface area contributed by atoms with Crippen LogP contribution >= 0.6 is 0 Å². The molecule has 1 heterocycles. The van der Waals surface area contributed by atoms with Crippen LogP contribution in [0.3, 0.4) is 0 Å². The van der Waals surface area contributed by atoms with Crippen LogP contribution in [0.1, 0.15) is 19.8 Å². The van der Waals surface area contributed by atoms with Gasteiger partial charge in [-0.15, -0.1) is 0 Å². The maximum atomic E-state index is 12.7. The van der Waals surface area contributed by atoms with E-state index in [4.69, 9.17) is 10.5 Å². The molecule has 1 unspecified atom stereocenters. The molecule has 1 atom stereocenters. The summed E-state index contributed by atoms with van der Waals surface area (Å²) in [6.45, 7) is 1.43. The van der Waals surface area contributed by atoms with Crippen molar-refractivity contribution in [2.24, 2.45) is 5.73 Å². The van der Waals surface area contributed by atoms with Crippen molar-refractivity contribution in [3.05, 3.63) is 11.8 Å². The summed E-state index contributed by atoms with van der Waals surface area (Å²) in [5.74, 6) is -2.85. The Bertz CT molecular complexity index is 186. The minimum absolute atomic E-state index is 0.508. The minimum Gasteiger partial charge on any atom is -0.501 e. The molecule has 1 rings (SSSR count). The Hall–Kier alpha value is -0.640. The number of nitrogens with two attached hydrogens (primary N) is 1. The second-order valence-corrected chi connectivity index (χ2v) is 3.10. The molecule has 1 aliphatic heterocycles. The zero-order valence-electron chi connectivity index (χ0n) is 7.02. The third kappa shape index (κ3) is 2.17. The summed E-state index contributed by atoms with van der Waals surface area (Å²) in [5, 5.41) is 0. The number of hydrogen-bond acceptors (Lipinski definition) is 2. The molecule has 0 radical (unpaired) electrons. The lowest BCUT2D eigenvalue weighted by atomic mass is 9.98. The maximum absolute atomic E-state index is 12.7. The van der Waals surface area contributed by atoms with Crippen LogP contribution in [0.15, 0.2) is 11.8 Å². The zero-order valence-corrected chi connectivity index (χ0v) is 7.02. The summed E-state index contributed by atoms with van der Waals surface area (Å²) in [6, 6.07) is -1.20. The molecule has 0 fully saturated rings. The van der Waals surface area contributed by atoms with E-state index in [-0.39, 0.29) is 0 Å². The van der Waals surface area contributed by atoms with Gasteiger partial charge < -0.3 is 10.5 Å². The smallest absolute Gasteiger partial charge is 0.264 e. The average Bonchev–Trinajstić information content (AvgIpc) is 2.03. The molecule has 0 aromatic heterocycles. The Morgan fingerprint density at radius 2 is 2.33 bits per heavy atom. The molecule has 0 aromatic carbocycles. The predicted octanol–water partition coefficient (Wildman–Crippen LogP) is 1.66. The van der Waals surface area contributed by atoms with Crippen LogP contribution in [0.2, 0.25) is 0 Å². The van der Waals surface area contributed by atoms with E-state index in [0.717, 1.165) is 13.3 Å². The van der Waals surface area contributed by atoms with Crippen molar-refractivity contribution in [1.82, 2.24) is 0 Å². The molecule has 0 aliphatic carbocycles. The summed E-state index contributed by atoms with van der Waals surface area (Å²) >= 11 is 0. The highest BCUT2D eigenvalue weighted by Gasteiger charge is 2.34. The summed E-state index contributed by atoms with van der Waals surface area (Å²) in [4.78, 5) is 0. The number of ether oxygens (including phenoxy) is 1. The van der Waals surface area contributed by atoms with E-state index >= 15 is 0 Å². The average molecular weight is 177 g/mol. The van der Waals surface area contributed by atoms with Crippen LogP contribution in [-0.4, -0.2) is 18.6 Å². The summed E-state index contributed by atoms with van der Waals surface area (Å²) in [7, 11) is 0. The first-order chi connectivity index (χ1) is 5.52. The standard InChI is InChI=1S/C8H13F2NO/c1-8(9,10)7(11)6-3-2-4-12-5-6/h5,7H,2-4,11H2,1H3. The molecule has 70 valence electrons. The SMILES string of the molecule is CC(F)(F)C(N)C1=COCCC1. The van der Waals surface area contributed by atoms with Crippen molar-refractivity contribution < 1.29 is 13.5 Å². The quantitative estimate of drug-likeness (QED) is 0.696. The van der Waals surface area contributed by atoms with Crippen molar-refractivity contribution in [3.8, 4) is 0 Å². The first kappa shape index (κ1) is 9.45. The fraction of sp³-hybridized carbons (Fsp3) is 0.750. The third-order valence-corrected chi connectivity index (χ3v) is 1.91. The molecule has 0 amide bonds. The van der Waals surface area contributed by atoms with Crippen LogP contribution in [0.25, 0.3) is 0 Å². The Labute approximate surface area is 70.4 Å². The van der Waals surface area contributed by atoms with Gasteiger partial charge in [0.25, 0.3) is 5.92 Å². The van der Waals surface area contributed by atoms with E-state index in [1.807, 2.05) is 0 Å². The van der Waals surface area contributed by atoms with E-state index < -0.39 is 12.0 Å². The van der Waals surface area contributed by atoms with E-state index in [9.17, 15) is 8.78 Å². The maximum Gasteiger partial charge on any atom is 0.264 e. The van der Waals surface area contributed by atoms with E-state index in [1.54, 1.807) is 0 Å². The van der Waals surface area contributed by atoms with Gasteiger partial charge in [-0.3, -0.25) is 0 Å². The van der Waals surface area contributed by atoms with Gasteiger partial charge in [0.2, 0.25) is 0 Å². The van der Waals surface area contributed by atoms with E-state index in [0.29, 0.717) is 18.6 Å². The van der Waals surface area contributed by atoms with Gasteiger partial charge in [-0.05, 0) is 18.4 Å². The number of halogens is 2. The fourth-order valence-corrected chi connectivity index (χ4v) is 1.14. The van der Waals surface area contributed by atoms with Crippen molar-refractivity contribution >= 4 is 0 Å². The molecular weight excluding hydrogens is 164 g/mol. The first-order valence-electron chi connectivity index (χ1n) is 3.96. The lowest BCUT2D eigenvalue weighted by molar-refractivity contribution is 0.00254. The third-order valence-electron chi connectivity index (χ3n) is 1.91. The van der Waals surface area contributed by atoms with Crippen LogP contribution in [-0.2, 0) is 4.74 Å². The van der Waals surface area contributed by atoms with Crippen molar-refractivity contribution in [1.29, 1.82) is 0 Å². The summed E-state index contributed by atoms with van der Waals surface area (Å²) in [5.41, 5.74) is 5.84. The van der Waals surface area contributed by atoms with Crippen LogP contribution in [0.5, 0.6) is 0 Å². The highest BCUT2D eigenvalue weighted by Crippen LogP contribution is 2.25. The highest BCUT2D eigenvalue weighted by atomic mass is 19.3. The van der Waals surface area contributed by atoms with Gasteiger partial charge in [-0.1, -0.05) is 0 Å². The molecule has 0 saturated heterocycles. The van der Waals surface area contributed by atoms with Gasteiger partial charge in [-0.2, -0.15) is 0 Å². The Balaban J connectivity index is 2.62. The van der Waals surface area contributed by atoms with Crippen molar-refractivity contribution in [2.75, 3.05) is 6.61 Å². The molecular formula is C8H13F2NO. The predicted molar refractivity (Wildman–Crippen MR) is 41.9 cm³/mol. The molecule has 1 aliphatic rings. The lowest BCUT2D eigenvalue weighted by Gasteiger charge is -2.24. The second-order valence-electron chi connectivity index (χ2n) is 3.10. The molecule has 4 heteroatoms. The molecule has 0 bridgehead atoms. The highest BCUT2D eigenvalue weighted by molar-refractivity contribution is 5.12. The topological polar surface area (TPSA) is 35.2 Å². The molecule has 12 heavy (non-hydrogen) atoms. The molecule has 2 N–H and O–H groups in total. The van der Waals surface area contributed by atoms with Gasteiger partial charge in [-0.25, -0.2) is 8.78 Å². The number of hydrogen-bond donors (Lipinski definition) is 1. The van der Waals surface area contributed by atoms with Gasteiger partial charge >= 0.3 is 0 Å². The molecule has 0 spiro atoms. The molecule has 2 nitrogen and oxygen atoms in total. The summed E-state index contributed by atoms with van der Waals surface area (Å²) in [6.07, 6.45) is 2.76. The molecule has 0 saturated carbocycles. The Morgan fingerprint density at radius 3 is 2.75 bits per heavy atom. The first-order valence-corrected chi connectivity index (χ1v) is 3.96. The van der Waals surface area contributed by atoms with Crippen LogP contribution in [0, 0.1) is 0 Å². The minimum atomic E-state index is -2.85. The normalized spacial score (nSPS) is 21.2. The van der Waals surface area contributed by atoms with Crippen LogP contribution < -0.4 is 5.73 Å². The molecule has 0 aromatic rings. The zero-order chi connectivity index (χ0) is 9.19.